The van der Waals surface area contributed by atoms with Crippen molar-refractivity contribution in [3.8, 4) is 17.2 Å². The number of aromatic nitrogens is 2. The van der Waals surface area contributed by atoms with Crippen LogP contribution in [0.15, 0.2) is 103 Å². The zero-order valence-corrected chi connectivity index (χ0v) is 24.1. The second-order valence-electron chi connectivity index (χ2n) is 10.00. The van der Waals surface area contributed by atoms with Gasteiger partial charge in [-0.2, -0.15) is 0 Å². The number of aryl methyl sites for hydroxylation is 2. The van der Waals surface area contributed by atoms with Crippen LogP contribution in [0.25, 0.3) is 5.69 Å². The molecule has 3 heterocycles. The minimum absolute atomic E-state index is 0.122. The molecule has 0 aliphatic carbocycles. The van der Waals surface area contributed by atoms with E-state index in [0.717, 1.165) is 45.5 Å². The van der Waals surface area contributed by atoms with Crippen molar-refractivity contribution >= 4 is 34.6 Å². The summed E-state index contributed by atoms with van der Waals surface area (Å²) in [5, 5.41) is 4.94. The Morgan fingerprint density at radius 3 is 2.30 bits per heavy atom. The van der Waals surface area contributed by atoms with Crippen molar-refractivity contribution in [3.05, 3.63) is 136 Å². The van der Waals surface area contributed by atoms with E-state index in [1.807, 2.05) is 79.0 Å². The number of halogens is 1. The lowest BCUT2D eigenvalue weighted by Gasteiger charge is -2.28. The lowest BCUT2D eigenvalue weighted by atomic mass is 9.96. The smallest absolute Gasteiger partial charge is 0.174 e. The van der Waals surface area contributed by atoms with Crippen LogP contribution in [-0.4, -0.2) is 14.7 Å². The van der Waals surface area contributed by atoms with Gasteiger partial charge in [-0.25, -0.2) is 0 Å². The van der Waals surface area contributed by atoms with Gasteiger partial charge < -0.3 is 19.5 Å². The molecule has 0 spiro atoms. The molecule has 2 aromatic heterocycles. The van der Waals surface area contributed by atoms with Crippen molar-refractivity contribution in [1.29, 1.82) is 0 Å². The minimum atomic E-state index is -0.136. The van der Waals surface area contributed by atoms with Crippen molar-refractivity contribution in [3.63, 3.8) is 0 Å². The largest absolute Gasteiger partial charge is 0.457 e. The molecule has 1 N–H and O–H groups in total. The summed E-state index contributed by atoms with van der Waals surface area (Å²) in [4.78, 5) is 6.90. The molecule has 200 valence electrons. The van der Waals surface area contributed by atoms with E-state index < -0.39 is 0 Å². The number of nitrogens with one attached hydrogen (secondary N) is 1. The Hall–Kier alpha value is -4.13. The topological polar surface area (TPSA) is 42.3 Å². The van der Waals surface area contributed by atoms with Gasteiger partial charge in [-0.1, -0.05) is 41.9 Å². The molecule has 2 atom stereocenters. The van der Waals surface area contributed by atoms with E-state index in [2.05, 4.69) is 59.8 Å². The summed E-state index contributed by atoms with van der Waals surface area (Å²) >= 11 is 12.4. The van der Waals surface area contributed by atoms with Gasteiger partial charge in [-0.15, -0.1) is 0 Å². The molecule has 0 radical (unpaired) electrons. The number of benzene rings is 3. The maximum absolute atomic E-state index is 6.43. The van der Waals surface area contributed by atoms with Gasteiger partial charge in [-0.3, -0.25) is 4.98 Å². The minimum Gasteiger partial charge on any atom is -0.457 e. The van der Waals surface area contributed by atoms with Crippen molar-refractivity contribution in [1.82, 2.24) is 14.9 Å². The number of hydrogen-bond donors (Lipinski definition) is 1. The monoisotopic (exact) mass is 564 g/mol. The zero-order chi connectivity index (χ0) is 27.8. The highest BCUT2D eigenvalue weighted by molar-refractivity contribution is 7.80. The number of pyridine rings is 1. The maximum Gasteiger partial charge on any atom is 0.174 e. The molecule has 1 saturated heterocycles. The number of hydrogen-bond acceptors (Lipinski definition) is 3. The quantitative estimate of drug-likeness (QED) is 0.210. The lowest BCUT2D eigenvalue weighted by molar-refractivity contribution is 0.482. The van der Waals surface area contributed by atoms with E-state index in [4.69, 9.17) is 33.5 Å². The molecule has 1 aliphatic heterocycles. The average molecular weight is 565 g/mol. The Morgan fingerprint density at radius 2 is 1.57 bits per heavy atom. The zero-order valence-electron chi connectivity index (χ0n) is 22.5. The number of ether oxygens (including phenoxy) is 1. The molecule has 6 rings (SSSR count). The predicted molar refractivity (Wildman–Crippen MR) is 166 cm³/mol. The highest BCUT2D eigenvalue weighted by Gasteiger charge is 2.42. The lowest BCUT2D eigenvalue weighted by Crippen LogP contribution is -2.29. The number of anilines is 1. The van der Waals surface area contributed by atoms with Gasteiger partial charge in [-0.05, 0) is 111 Å². The van der Waals surface area contributed by atoms with Crippen LogP contribution < -0.4 is 15.0 Å². The Balaban J connectivity index is 1.44. The Bertz CT molecular complexity index is 1670. The maximum atomic E-state index is 6.43. The molecule has 3 aromatic carbocycles. The molecule has 5 nitrogen and oxygen atoms in total. The highest BCUT2D eigenvalue weighted by atomic mass is 35.5. The molecular formula is C33H29ClN4OS. The fourth-order valence-corrected chi connectivity index (χ4v) is 6.04. The third-order valence-electron chi connectivity index (χ3n) is 7.39. The molecule has 0 amide bonds. The van der Waals surface area contributed by atoms with Gasteiger partial charge >= 0.3 is 0 Å². The molecule has 1 aliphatic rings. The molecule has 1 fully saturated rings. The summed E-state index contributed by atoms with van der Waals surface area (Å²) in [6, 6.07) is 31.9. The fraction of sp³-hybridized carbons (Fsp3) is 0.152. The molecule has 0 saturated carbocycles. The Kier molecular flexibility index (Phi) is 7.05. The van der Waals surface area contributed by atoms with Gasteiger partial charge in [0, 0.05) is 34.0 Å². The van der Waals surface area contributed by atoms with Crippen molar-refractivity contribution in [2.75, 3.05) is 4.90 Å². The standard InChI is InChI=1S/C33H29ClN4OS/c1-21-12-13-24(34)20-30(21)37-22(2)19-28(23(37)3)32-31(29-11-7-8-18-35-29)36-33(40)38(32)25-14-16-27(17-15-25)39-26-9-5-4-6-10-26/h4-20,31-32H,1-3H3,(H,36,40)/t31-,32+/m0/s1. The van der Waals surface area contributed by atoms with Crippen LogP contribution in [0.3, 0.4) is 0 Å². The molecule has 0 bridgehead atoms. The normalized spacial score (nSPS) is 16.7. The van der Waals surface area contributed by atoms with Crippen LogP contribution in [-0.2, 0) is 0 Å². The summed E-state index contributed by atoms with van der Waals surface area (Å²) in [5.74, 6) is 1.56. The summed E-state index contributed by atoms with van der Waals surface area (Å²) < 4.78 is 8.32. The van der Waals surface area contributed by atoms with Crippen LogP contribution in [0.4, 0.5) is 5.69 Å². The van der Waals surface area contributed by atoms with Gasteiger partial charge in [0.2, 0.25) is 0 Å². The first-order valence-corrected chi connectivity index (χ1v) is 14.0. The fourth-order valence-electron chi connectivity index (χ4n) is 5.53. The van der Waals surface area contributed by atoms with E-state index in [-0.39, 0.29) is 12.1 Å². The summed E-state index contributed by atoms with van der Waals surface area (Å²) in [5.41, 5.74) is 7.58. The third-order valence-corrected chi connectivity index (χ3v) is 7.94. The average Bonchev–Trinajstić information content (AvgIpc) is 3.46. The van der Waals surface area contributed by atoms with Crippen LogP contribution in [0.5, 0.6) is 11.5 Å². The van der Waals surface area contributed by atoms with Crippen LogP contribution in [0, 0.1) is 20.8 Å². The second-order valence-corrected chi connectivity index (χ2v) is 10.8. The third kappa shape index (κ3) is 4.85. The number of rotatable bonds is 6. The predicted octanol–water partition coefficient (Wildman–Crippen LogP) is 8.42. The van der Waals surface area contributed by atoms with Crippen molar-refractivity contribution < 1.29 is 4.74 Å². The Labute approximate surface area is 245 Å². The van der Waals surface area contributed by atoms with Crippen molar-refractivity contribution in [2.45, 2.75) is 32.9 Å². The summed E-state index contributed by atoms with van der Waals surface area (Å²) in [7, 11) is 0. The number of thiocarbonyl (C=S) groups is 1. The summed E-state index contributed by atoms with van der Waals surface area (Å²) in [6.07, 6.45) is 1.83. The van der Waals surface area contributed by atoms with E-state index in [9.17, 15) is 0 Å². The first kappa shape index (κ1) is 26.1. The van der Waals surface area contributed by atoms with Crippen LogP contribution in [0.2, 0.25) is 5.02 Å². The van der Waals surface area contributed by atoms with E-state index >= 15 is 0 Å². The molecular weight excluding hydrogens is 536 g/mol. The van der Waals surface area contributed by atoms with Crippen molar-refractivity contribution in [2.24, 2.45) is 0 Å². The highest BCUT2D eigenvalue weighted by Crippen LogP contribution is 2.44. The number of para-hydroxylation sites is 1. The SMILES string of the molecule is Cc1ccc(Cl)cc1-n1c(C)cc([C@@H]2[C@H](c3ccccn3)NC(=S)N2c2ccc(Oc3ccccc3)cc2)c1C. The van der Waals surface area contributed by atoms with E-state index in [0.29, 0.717) is 10.1 Å². The van der Waals surface area contributed by atoms with Gasteiger partial charge in [0.15, 0.2) is 5.11 Å². The first-order valence-electron chi connectivity index (χ1n) is 13.2. The second kappa shape index (κ2) is 10.8. The molecule has 40 heavy (non-hydrogen) atoms. The van der Waals surface area contributed by atoms with E-state index in [1.165, 1.54) is 5.56 Å². The molecule has 5 aromatic rings. The van der Waals surface area contributed by atoms with E-state index in [1.54, 1.807) is 0 Å². The first-order chi connectivity index (χ1) is 19.4. The van der Waals surface area contributed by atoms with Gasteiger partial charge in [0.25, 0.3) is 0 Å². The van der Waals surface area contributed by atoms with Gasteiger partial charge in [0.1, 0.15) is 11.5 Å². The Morgan fingerprint density at radius 1 is 0.850 bits per heavy atom. The summed E-state index contributed by atoms with van der Waals surface area (Å²) in [6.45, 7) is 6.40. The number of nitrogens with zero attached hydrogens (tertiary/aromatic N) is 3. The van der Waals surface area contributed by atoms with Gasteiger partial charge in [0.05, 0.1) is 17.8 Å². The van der Waals surface area contributed by atoms with Crippen LogP contribution in [0.1, 0.15) is 40.3 Å². The molecule has 0 unspecified atom stereocenters. The van der Waals surface area contributed by atoms with Crippen LogP contribution >= 0.6 is 23.8 Å². The molecule has 7 heteroatoms.